The third-order valence-corrected chi connectivity index (χ3v) is 3.38. The van der Waals surface area contributed by atoms with Crippen LogP contribution in [0.1, 0.15) is 37.4 Å². The minimum atomic E-state index is 0.510. The summed E-state index contributed by atoms with van der Waals surface area (Å²) in [6, 6.07) is 2.79. The zero-order chi connectivity index (χ0) is 11.7. The Labute approximate surface area is 96.5 Å². The van der Waals surface area contributed by atoms with Crippen molar-refractivity contribution in [2.75, 3.05) is 11.4 Å². The summed E-state index contributed by atoms with van der Waals surface area (Å²) in [7, 11) is 1.92. The van der Waals surface area contributed by atoms with Gasteiger partial charge in [0.15, 0.2) is 0 Å². The summed E-state index contributed by atoms with van der Waals surface area (Å²) in [5, 5.41) is 13.5. The van der Waals surface area contributed by atoms with Crippen LogP contribution in [0.25, 0.3) is 0 Å². The van der Waals surface area contributed by atoms with Crippen molar-refractivity contribution in [1.29, 1.82) is 5.26 Å². The van der Waals surface area contributed by atoms with Crippen LogP contribution >= 0.6 is 0 Å². The molecule has 0 spiro atoms. The van der Waals surface area contributed by atoms with Crippen LogP contribution in [0, 0.1) is 18.3 Å². The number of nitriles is 1. The second-order valence-corrected chi connectivity index (χ2v) is 4.56. The highest BCUT2D eigenvalue weighted by Crippen LogP contribution is 2.28. The van der Waals surface area contributed by atoms with E-state index in [0.717, 1.165) is 23.6 Å². The maximum absolute atomic E-state index is 9.20. The molecule has 4 nitrogen and oxygen atoms in total. The highest BCUT2D eigenvalue weighted by molar-refractivity contribution is 5.57. The van der Waals surface area contributed by atoms with E-state index in [-0.39, 0.29) is 0 Å². The van der Waals surface area contributed by atoms with Crippen LogP contribution in [0.15, 0.2) is 0 Å². The molecule has 0 saturated carbocycles. The van der Waals surface area contributed by atoms with Crippen molar-refractivity contribution < 1.29 is 0 Å². The van der Waals surface area contributed by atoms with Gasteiger partial charge in [-0.15, -0.1) is 0 Å². The number of anilines is 1. The lowest BCUT2D eigenvalue weighted by atomic mass is 10.0. The van der Waals surface area contributed by atoms with Gasteiger partial charge in [-0.1, -0.05) is 0 Å². The first-order valence-corrected chi connectivity index (χ1v) is 5.85. The van der Waals surface area contributed by atoms with Crippen LogP contribution in [-0.2, 0) is 7.05 Å². The minimum absolute atomic E-state index is 0.510. The first kappa shape index (κ1) is 11.0. The molecule has 1 atom stereocenters. The summed E-state index contributed by atoms with van der Waals surface area (Å²) in [5.41, 5.74) is 1.56. The smallest absolute Gasteiger partial charge is 0.145 e. The second-order valence-electron chi connectivity index (χ2n) is 4.56. The predicted molar refractivity (Wildman–Crippen MR) is 63.3 cm³/mol. The average molecular weight is 218 g/mol. The Morgan fingerprint density at radius 2 is 2.19 bits per heavy atom. The molecule has 0 aliphatic carbocycles. The molecule has 4 heteroatoms. The topological polar surface area (TPSA) is 44.9 Å². The molecule has 1 aromatic rings. The van der Waals surface area contributed by atoms with E-state index in [4.69, 9.17) is 0 Å². The molecule has 1 aromatic heterocycles. The number of rotatable bonds is 1. The third kappa shape index (κ3) is 1.67. The molecular formula is C12H18N4. The Morgan fingerprint density at radius 1 is 1.44 bits per heavy atom. The molecule has 0 amide bonds. The summed E-state index contributed by atoms with van der Waals surface area (Å²) < 4.78 is 1.84. The Kier molecular flexibility index (Phi) is 2.86. The maximum Gasteiger partial charge on any atom is 0.145 e. The highest BCUT2D eigenvalue weighted by Gasteiger charge is 2.25. The van der Waals surface area contributed by atoms with Gasteiger partial charge in [0.1, 0.15) is 17.5 Å². The fourth-order valence-electron chi connectivity index (χ4n) is 2.52. The van der Waals surface area contributed by atoms with Crippen LogP contribution < -0.4 is 4.90 Å². The van der Waals surface area contributed by atoms with E-state index in [1.54, 1.807) is 0 Å². The van der Waals surface area contributed by atoms with Gasteiger partial charge in [0.05, 0.1) is 5.69 Å². The maximum atomic E-state index is 9.20. The predicted octanol–water partition coefficient (Wildman–Crippen LogP) is 1.98. The Hall–Kier alpha value is -1.50. The van der Waals surface area contributed by atoms with Crippen molar-refractivity contribution >= 4 is 5.82 Å². The molecule has 86 valence electrons. The van der Waals surface area contributed by atoms with Crippen molar-refractivity contribution in [3.8, 4) is 6.07 Å². The zero-order valence-electron chi connectivity index (χ0n) is 10.2. The van der Waals surface area contributed by atoms with Gasteiger partial charge in [0.25, 0.3) is 0 Å². The summed E-state index contributed by atoms with van der Waals surface area (Å²) in [6.07, 6.45) is 3.70. The molecule has 0 aromatic carbocycles. The fourth-order valence-corrected chi connectivity index (χ4v) is 2.52. The minimum Gasteiger partial charge on any atom is -0.353 e. The van der Waals surface area contributed by atoms with Crippen molar-refractivity contribution in [3.63, 3.8) is 0 Å². The van der Waals surface area contributed by atoms with Crippen molar-refractivity contribution in [2.24, 2.45) is 7.05 Å². The van der Waals surface area contributed by atoms with Crippen molar-refractivity contribution in [1.82, 2.24) is 9.78 Å². The number of aryl methyl sites for hydroxylation is 2. The Bertz CT molecular complexity index is 427. The highest BCUT2D eigenvalue weighted by atomic mass is 15.4. The lowest BCUT2D eigenvalue weighted by Crippen LogP contribution is -2.39. The van der Waals surface area contributed by atoms with E-state index < -0.39 is 0 Å². The van der Waals surface area contributed by atoms with Crippen molar-refractivity contribution in [3.05, 3.63) is 11.3 Å². The average Bonchev–Trinajstić information content (AvgIpc) is 2.54. The van der Waals surface area contributed by atoms with E-state index in [1.165, 1.54) is 19.3 Å². The van der Waals surface area contributed by atoms with E-state index >= 15 is 0 Å². The standard InChI is InChI=1S/C12H18N4/c1-9-6-4-5-7-16(9)12-11(8-13)10(2)14-15(12)3/h9H,4-7H2,1-3H3. The van der Waals surface area contributed by atoms with Crippen LogP contribution in [0.4, 0.5) is 5.82 Å². The molecule has 2 rings (SSSR count). The first-order chi connectivity index (χ1) is 7.65. The van der Waals surface area contributed by atoms with E-state index in [2.05, 4.69) is 23.0 Å². The molecule has 1 unspecified atom stereocenters. The molecule has 0 bridgehead atoms. The van der Waals surface area contributed by atoms with E-state index in [9.17, 15) is 5.26 Å². The number of aromatic nitrogens is 2. The largest absolute Gasteiger partial charge is 0.353 e. The molecule has 16 heavy (non-hydrogen) atoms. The number of nitrogens with zero attached hydrogens (tertiary/aromatic N) is 4. The normalized spacial score (nSPS) is 20.9. The van der Waals surface area contributed by atoms with E-state index in [0.29, 0.717) is 6.04 Å². The summed E-state index contributed by atoms with van der Waals surface area (Å²) in [5.74, 6) is 0.993. The van der Waals surface area contributed by atoms with Crippen LogP contribution in [-0.4, -0.2) is 22.4 Å². The van der Waals surface area contributed by atoms with Gasteiger partial charge in [-0.2, -0.15) is 10.4 Å². The SMILES string of the molecule is Cc1nn(C)c(N2CCCCC2C)c1C#N. The zero-order valence-corrected chi connectivity index (χ0v) is 10.2. The lowest BCUT2D eigenvalue weighted by molar-refractivity contribution is 0.473. The lowest BCUT2D eigenvalue weighted by Gasteiger charge is -2.35. The summed E-state index contributed by atoms with van der Waals surface area (Å²) in [4.78, 5) is 2.32. The van der Waals surface area contributed by atoms with Gasteiger partial charge in [-0.05, 0) is 33.1 Å². The number of hydrogen-bond donors (Lipinski definition) is 0. The molecule has 0 N–H and O–H groups in total. The number of hydrogen-bond acceptors (Lipinski definition) is 3. The number of piperidine rings is 1. The van der Waals surface area contributed by atoms with Gasteiger partial charge < -0.3 is 4.90 Å². The molecule has 1 fully saturated rings. The summed E-state index contributed by atoms with van der Waals surface area (Å²) in [6.45, 7) is 5.16. The van der Waals surface area contributed by atoms with Gasteiger partial charge in [0.2, 0.25) is 0 Å². The summed E-state index contributed by atoms with van der Waals surface area (Å²) >= 11 is 0. The molecule has 1 saturated heterocycles. The monoisotopic (exact) mass is 218 g/mol. The molecule has 1 aliphatic rings. The van der Waals surface area contributed by atoms with Crippen LogP contribution in [0.5, 0.6) is 0 Å². The van der Waals surface area contributed by atoms with Crippen molar-refractivity contribution in [2.45, 2.75) is 39.2 Å². The first-order valence-electron chi connectivity index (χ1n) is 5.85. The molecular weight excluding hydrogens is 200 g/mol. The van der Waals surface area contributed by atoms with Gasteiger partial charge in [-0.25, -0.2) is 0 Å². The third-order valence-electron chi connectivity index (χ3n) is 3.38. The van der Waals surface area contributed by atoms with Crippen LogP contribution in [0.3, 0.4) is 0 Å². The van der Waals surface area contributed by atoms with E-state index in [1.807, 2.05) is 18.7 Å². The fraction of sp³-hybridized carbons (Fsp3) is 0.667. The quantitative estimate of drug-likeness (QED) is 0.724. The van der Waals surface area contributed by atoms with Crippen LogP contribution in [0.2, 0.25) is 0 Å². The van der Waals surface area contributed by atoms with Gasteiger partial charge >= 0.3 is 0 Å². The Morgan fingerprint density at radius 3 is 2.81 bits per heavy atom. The van der Waals surface area contributed by atoms with Gasteiger partial charge in [0, 0.05) is 19.6 Å². The second kappa shape index (κ2) is 4.17. The Balaban J connectivity index is 2.42. The molecule has 2 heterocycles. The van der Waals surface area contributed by atoms with Gasteiger partial charge in [-0.3, -0.25) is 4.68 Å². The molecule has 1 aliphatic heterocycles. The molecule has 0 radical (unpaired) electrons.